The summed E-state index contributed by atoms with van der Waals surface area (Å²) >= 11 is 7.46. The Hall–Kier alpha value is -1.31. The first-order valence-electron chi connectivity index (χ1n) is 9.24. The topological polar surface area (TPSA) is 43.9 Å². The fraction of sp³-hybridized carbons (Fsp3) is 0.579. The summed E-state index contributed by atoms with van der Waals surface area (Å²) in [4.78, 5) is 30.0. The van der Waals surface area contributed by atoms with E-state index >= 15 is 0 Å². The summed E-state index contributed by atoms with van der Waals surface area (Å²) < 4.78 is 13.9. The van der Waals surface area contributed by atoms with E-state index in [1.165, 1.54) is 17.8 Å². The third-order valence-electron chi connectivity index (χ3n) is 4.74. The molecule has 0 radical (unpaired) electrons. The average molecular weight is 416 g/mol. The van der Waals surface area contributed by atoms with Crippen LogP contribution in [0.2, 0.25) is 5.02 Å². The minimum absolute atomic E-state index is 0.0518. The highest BCUT2D eigenvalue weighted by atomic mass is 35.5. The molecule has 1 saturated heterocycles. The number of carbonyl (C=O) groups excluding carboxylic acids is 2. The zero-order valence-corrected chi connectivity index (χ0v) is 17.5. The van der Waals surface area contributed by atoms with Gasteiger partial charge in [-0.05, 0) is 26.0 Å². The van der Waals surface area contributed by atoms with Crippen LogP contribution >= 0.6 is 23.4 Å². The molecule has 0 N–H and O–H groups in total. The number of carbonyl (C=O) groups is 2. The number of benzene rings is 1. The lowest BCUT2D eigenvalue weighted by Gasteiger charge is -2.35. The summed E-state index contributed by atoms with van der Waals surface area (Å²) in [5.41, 5.74) is 0.504. The van der Waals surface area contributed by atoms with Crippen LogP contribution in [-0.2, 0) is 16.1 Å². The third kappa shape index (κ3) is 6.36. The van der Waals surface area contributed by atoms with Gasteiger partial charge in [-0.15, -0.1) is 11.8 Å². The van der Waals surface area contributed by atoms with Crippen LogP contribution in [-0.4, -0.2) is 77.3 Å². The maximum Gasteiger partial charge on any atom is 0.232 e. The smallest absolute Gasteiger partial charge is 0.232 e. The zero-order valence-electron chi connectivity index (χ0n) is 15.9. The normalized spacial score (nSPS) is 15.0. The molecule has 1 aliphatic rings. The lowest BCUT2D eigenvalue weighted by molar-refractivity contribution is -0.130. The van der Waals surface area contributed by atoms with Gasteiger partial charge in [-0.25, -0.2) is 4.39 Å². The molecule has 8 heteroatoms. The van der Waals surface area contributed by atoms with Crippen molar-refractivity contribution in [3.63, 3.8) is 0 Å². The van der Waals surface area contributed by atoms with E-state index in [4.69, 9.17) is 11.6 Å². The molecule has 150 valence electrons. The van der Waals surface area contributed by atoms with Gasteiger partial charge in [0.1, 0.15) is 5.82 Å². The predicted octanol–water partition coefficient (Wildman–Crippen LogP) is 2.72. The Kier molecular flexibility index (Phi) is 8.86. The second kappa shape index (κ2) is 10.9. The van der Waals surface area contributed by atoms with Crippen LogP contribution < -0.4 is 0 Å². The Balaban J connectivity index is 1.73. The molecular formula is C19H27ClFN3O2S. The molecule has 1 aliphatic heterocycles. The highest BCUT2D eigenvalue weighted by molar-refractivity contribution is 8.00. The fourth-order valence-corrected chi connectivity index (χ4v) is 4.09. The average Bonchev–Trinajstić information content (AvgIpc) is 2.66. The van der Waals surface area contributed by atoms with Gasteiger partial charge in [-0.1, -0.05) is 17.7 Å². The van der Waals surface area contributed by atoms with E-state index in [1.807, 2.05) is 18.7 Å². The standard InChI is InChI=1S/C19H27ClFN3O2S/c1-3-23(4-2)18(25)13-27-14-19(26)24-10-8-22(9-11-24)12-15-16(20)6-5-7-17(15)21/h5-7H,3-4,8-14H2,1-2H3. The minimum Gasteiger partial charge on any atom is -0.343 e. The summed E-state index contributed by atoms with van der Waals surface area (Å²) in [5.74, 6) is 0.473. The molecule has 0 aromatic heterocycles. The Bertz CT molecular complexity index is 630. The van der Waals surface area contributed by atoms with Crippen molar-refractivity contribution in [1.29, 1.82) is 0 Å². The van der Waals surface area contributed by atoms with Crippen molar-refractivity contribution in [2.45, 2.75) is 20.4 Å². The van der Waals surface area contributed by atoms with E-state index in [1.54, 1.807) is 17.0 Å². The van der Waals surface area contributed by atoms with Crippen molar-refractivity contribution in [2.24, 2.45) is 0 Å². The van der Waals surface area contributed by atoms with Gasteiger partial charge >= 0.3 is 0 Å². The Morgan fingerprint density at radius 2 is 1.81 bits per heavy atom. The SMILES string of the molecule is CCN(CC)C(=O)CSCC(=O)N1CCN(Cc2c(F)cccc2Cl)CC1. The van der Waals surface area contributed by atoms with Crippen molar-refractivity contribution in [1.82, 2.24) is 14.7 Å². The van der Waals surface area contributed by atoms with Gasteiger partial charge in [-0.2, -0.15) is 0 Å². The lowest BCUT2D eigenvalue weighted by atomic mass is 10.2. The molecule has 1 aromatic carbocycles. The van der Waals surface area contributed by atoms with Crippen LogP contribution in [0.1, 0.15) is 19.4 Å². The van der Waals surface area contributed by atoms with Crippen molar-refractivity contribution in [2.75, 3.05) is 50.8 Å². The predicted molar refractivity (Wildman–Crippen MR) is 109 cm³/mol. The second-order valence-electron chi connectivity index (χ2n) is 6.42. The number of piperazine rings is 1. The highest BCUT2D eigenvalue weighted by Gasteiger charge is 2.22. The molecule has 0 atom stereocenters. The number of hydrogen-bond donors (Lipinski definition) is 0. The summed E-state index contributed by atoms with van der Waals surface area (Å²) in [5, 5.41) is 0.433. The van der Waals surface area contributed by atoms with E-state index in [0.29, 0.717) is 67.9 Å². The van der Waals surface area contributed by atoms with Crippen LogP contribution in [0.4, 0.5) is 4.39 Å². The molecule has 27 heavy (non-hydrogen) atoms. The maximum absolute atomic E-state index is 13.9. The van der Waals surface area contributed by atoms with E-state index in [0.717, 1.165) is 0 Å². The summed E-state index contributed by atoms with van der Waals surface area (Å²) in [6.07, 6.45) is 0. The first kappa shape index (κ1) is 22.0. The Morgan fingerprint density at radius 1 is 1.15 bits per heavy atom. The monoisotopic (exact) mass is 415 g/mol. The maximum atomic E-state index is 13.9. The van der Waals surface area contributed by atoms with E-state index in [-0.39, 0.29) is 17.6 Å². The number of nitrogens with zero attached hydrogens (tertiary/aromatic N) is 3. The fourth-order valence-electron chi connectivity index (χ4n) is 3.05. The molecule has 0 aliphatic carbocycles. The van der Waals surface area contributed by atoms with Gasteiger partial charge in [-0.3, -0.25) is 14.5 Å². The summed E-state index contributed by atoms with van der Waals surface area (Å²) in [6, 6.07) is 4.70. The zero-order chi connectivity index (χ0) is 19.8. The number of hydrogen-bond acceptors (Lipinski definition) is 4. The second-order valence-corrected chi connectivity index (χ2v) is 7.81. The van der Waals surface area contributed by atoms with Gasteiger partial charge in [0.2, 0.25) is 11.8 Å². The number of rotatable bonds is 8. The van der Waals surface area contributed by atoms with Gasteiger partial charge in [0, 0.05) is 56.4 Å². The summed E-state index contributed by atoms with van der Waals surface area (Å²) in [6.45, 7) is 8.30. The Morgan fingerprint density at radius 3 is 2.41 bits per heavy atom. The van der Waals surface area contributed by atoms with Crippen molar-refractivity contribution in [3.05, 3.63) is 34.6 Å². The number of thioether (sulfide) groups is 1. The minimum atomic E-state index is -0.296. The van der Waals surface area contributed by atoms with Gasteiger partial charge in [0.05, 0.1) is 11.5 Å². The third-order valence-corrected chi connectivity index (χ3v) is 5.99. The van der Waals surface area contributed by atoms with E-state index < -0.39 is 0 Å². The molecule has 1 fully saturated rings. The van der Waals surface area contributed by atoms with E-state index in [2.05, 4.69) is 4.90 Å². The van der Waals surface area contributed by atoms with Crippen molar-refractivity contribution < 1.29 is 14.0 Å². The van der Waals surface area contributed by atoms with Gasteiger partial charge < -0.3 is 9.80 Å². The highest BCUT2D eigenvalue weighted by Crippen LogP contribution is 2.21. The molecule has 0 bridgehead atoms. The molecule has 1 aromatic rings. The lowest BCUT2D eigenvalue weighted by Crippen LogP contribution is -2.49. The van der Waals surface area contributed by atoms with Gasteiger partial charge in [0.15, 0.2) is 0 Å². The first-order valence-corrected chi connectivity index (χ1v) is 10.8. The molecular weight excluding hydrogens is 389 g/mol. The molecule has 1 heterocycles. The van der Waals surface area contributed by atoms with Crippen LogP contribution in [0.3, 0.4) is 0 Å². The molecule has 2 rings (SSSR count). The molecule has 0 saturated carbocycles. The van der Waals surface area contributed by atoms with E-state index in [9.17, 15) is 14.0 Å². The molecule has 2 amide bonds. The van der Waals surface area contributed by atoms with Gasteiger partial charge in [0.25, 0.3) is 0 Å². The van der Waals surface area contributed by atoms with Crippen LogP contribution in [0.25, 0.3) is 0 Å². The molecule has 0 spiro atoms. The molecule has 5 nitrogen and oxygen atoms in total. The number of halogens is 2. The first-order chi connectivity index (χ1) is 13.0. The Labute approximate surface area is 169 Å². The summed E-state index contributed by atoms with van der Waals surface area (Å²) in [7, 11) is 0. The van der Waals surface area contributed by atoms with Crippen LogP contribution in [0, 0.1) is 5.82 Å². The largest absolute Gasteiger partial charge is 0.343 e. The van der Waals surface area contributed by atoms with Crippen molar-refractivity contribution in [3.8, 4) is 0 Å². The molecule has 0 unspecified atom stereocenters. The number of amides is 2. The van der Waals surface area contributed by atoms with Crippen LogP contribution in [0.15, 0.2) is 18.2 Å². The quantitative estimate of drug-likeness (QED) is 0.654. The van der Waals surface area contributed by atoms with Crippen molar-refractivity contribution >= 4 is 35.2 Å². The van der Waals surface area contributed by atoms with Crippen LogP contribution in [0.5, 0.6) is 0 Å².